The maximum Gasteiger partial charge on any atom is 0.257 e. The predicted octanol–water partition coefficient (Wildman–Crippen LogP) is 2.55. The van der Waals surface area contributed by atoms with Gasteiger partial charge in [-0.15, -0.1) is 0 Å². The van der Waals surface area contributed by atoms with E-state index in [1.54, 1.807) is 12.4 Å². The van der Waals surface area contributed by atoms with E-state index in [1.807, 2.05) is 35.2 Å². The number of hydrogen-bond acceptors (Lipinski definition) is 5. The molecule has 1 amide bonds. The van der Waals surface area contributed by atoms with Crippen LogP contribution in [0.4, 0.5) is 0 Å². The molecule has 1 aliphatic carbocycles. The van der Waals surface area contributed by atoms with Crippen LogP contribution in [0.3, 0.4) is 0 Å². The van der Waals surface area contributed by atoms with Gasteiger partial charge in [-0.1, -0.05) is 30.3 Å². The van der Waals surface area contributed by atoms with Gasteiger partial charge >= 0.3 is 0 Å². The van der Waals surface area contributed by atoms with E-state index in [0.29, 0.717) is 31.0 Å². The van der Waals surface area contributed by atoms with Crippen molar-refractivity contribution in [1.82, 2.24) is 19.8 Å². The average Bonchev–Trinajstić information content (AvgIpc) is 3.49. The highest BCUT2D eigenvalue weighted by Crippen LogP contribution is 2.39. The van der Waals surface area contributed by atoms with Crippen LogP contribution in [0.1, 0.15) is 59.8 Å². The van der Waals surface area contributed by atoms with Crippen LogP contribution in [0.5, 0.6) is 0 Å². The number of likely N-dealkylation sites (tertiary alicyclic amines) is 2. The third-order valence-corrected chi connectivity index (χ3v) is 6.71. The highest BCUT2D eigenvalue weighted by atomic mass is 16.3. The standard InChI is InChI=1S/C23H28N4O2/c28-22(18-14-24-21(25-15-18)17-8-9-17)27-13-10-23(29,19-6-2-1-3-7-19)20(16-27)26-11-4-5-12-26/h1-3,6-7,14-15,17,20,29H,4-5,8-13,16H2/t20-,23+/m1/s1. The van der Waals surface area contributed by atoms with E-state index in [-0.39, 0.29) is 11.9 Å². The second kappa shape index (κ2) is 7.50. The van der Waals surface area contributed by atoms with Gasteiger partial charge in [0, 0.05) is 31.4 Å². The van der Waals surface area contributed by atoms with Crippen molar-refractivity contribution < 1.29 is 9.90 Å². The van der Waals surface area contributed by atoms with Crippen LogP contribution in [-0.2, 0) is 5.60 Å². The van der Waals surface area contributed by atoms with Crippen LogP contribution < -0.4 is 0 Å². The Hall–Kier alpha value is -2.31. The van der Waals surface area contributed by atoms with Gasteiger partial charge in [-0.05, 0) is 50.8 Å². The summed E-state index contributed by atoms with van der Waals surface area (Å²) >= 11 is 0. The van der Waals surface area contributed by atoms with Crippen molar-refractivity contribution in [1.29, 1.82) is 0 Å². The van der Waals surface area contributed by atoms with Gasteiger partial charge in [-0.25, -0.2) is 9.97 Å². The molecule has 0 spiro atoms. The van der Waals surface area contributed by atoms with Crippen molar-refractivity contribution in [2.24, 2.45) is 0 Å². The number of piperidine rings is 1. The number of carbonyl (C=O) groups excluding carboxylic acids is 1. The summed E-state index contributed by atoms with van der Waals surface area (Å²) in [4.78, 5) is 26.2. The average molecular weight is 393 g/mol. The summed E-state index contributed by atoms with van der Waals surface area (Å²) in [6.07, 6.45) is 8.46. The molecule has 1 aromatic heterocycles. The number of carbonyl (C=O) groups is 1. The van der Waals surface area contributed by atoms with Gasteiger partial charge in [0.15, 0.2) is 0 Å². The monoisotopic (exact) mass is 392 g/mol. The van der Waals surface area contributed by atoms with Gasteiger partial charge in [0.05, 0.1) is 11.6 Å². The third kappa shape index (κ3) is 3.55. The van der Waals surface area contributed by atoms with Crippen molar-refractivity contribution in [3.05, 3.63) is 59.7 Å². The molecular weight excluding hydrogens is 364 g/mol. The van der Waals surface area contributed by atoms with E-state index in [1.165, 1.54) is 0 Å². The SMILES string of the molecule is O=C(c1cnc(C2CC2)nc1)N1CC[C@](O)(c2ccccc2)[C@H](N2CCCC2)C1. The fourth-order valence-corrected chi connectivity index (χ4v) is 4.83. The van der Waals surface area contributed by atoms with Crippen molar-refractivity contribution in [2.45, 2.75) is 49.7 Å². The lowest BCUT2D eigenvalue weighted by molar-refractivity contribution is -0.0878. The normalized spacial score (nSPS) is 27.9. The second-order valence-corrected chi connectivity index (χ2v) is 8.65. The first kappa shape index (κ1) is 18.7. The molecule has 1 aromatic carbocycles. The summed E-state index contributed by atoms with van der Waals surface area (Å²) in [5.41, 5.74) is 0.551. The van der Waals surface area contributed by atoms with Gasteiger partial charge in [-0.2, -0.15) is 0 Å². The Morgan fingerprint density at radius 1 is 1.03 bits per heavy atom. The maximum absolute atomic E-state index is 13.2. The number of amides is 1. The second-order valence-electron chi connectivity index (χ2n) is 8.65. The minimum Gasteiger partial charge on any atom is -0.383 e. The van der Waals surface area contributed by atoms with Crippen LogP contribution in [0, 0.1) is 0 Å². The minimum absolute atomic E-state index is 0.0355. The van der Waals surface area contributed by atoms with Gasteiger partial charge < -0.3 is 10.0 Å². The molecule has 0 radical (unpaired) electrons. The molecule has 3 fully saturated rings. The summed E-state index contributed by atoms with van der Waals surface area (Å²) in [7, 11) is 0. The Kier molecular flexibility index (Phi) is 4.84. The maximum atomic E-state index is 13.2. The quantitative estimate of drug-likeness (QED) is 0.866. The number of benzene rings is 1. The summed E-state index contributed by atoms with van der Waals surface area (Å²) in [6.45, 7) is 3.00. The molecule has 2 saturated heterocycles. The van der Waals surface area contributed by atoms with Gasteiger partial charge in [0.2, 0.25) is 0 Å². The van der Waals surface area contributed by atoms with E-state index >= 15 is 0 Å². The van der Waals surface area contributed by atoms with E-state index < -0.39 is 5.60 Å². The van der Waals surface area contributed by atoms with E-state index in [2.05, 4.69) is 14.9 Å². The van der Waals surface area contributed by atoms with Gasteiger partial charge in [0.1, 0.15) is 11.4 Å². The molecule has 0 bridgehead atoms. The lowest BCUT2D eigenvalue weighted by Gasteiger charge is -2.48. The number of hydrogen-bond donors (Lipinski definition) is 1. The van der Waals surface area contributed by atoms with E-state index in [9.17, 15) is 9.90 Å². The van der Waals surface area contributed by atoms with Crippen LogP contribution in [0.25, 0.3) is 0 Å². The molecule has 2 aromatic rings. The Bertz CT molecular complexity index is 862. The van der Waals surface area contributed by atoms with Crippen LogP contribution in [0.15, 0.2) is 42.7 Å². The fraction of sp³-hybridized carbons (Fsp3) is 0.522. The van der Waals surface area contributed by atoms with Crippen LogP contribution in [-0.4, -0.2) is 63.0 Å². The minimum atomic E-state index is -0.936. The third-order valence-electron chi connectivity index (χ3n) is 6.71. The predicted molar refractivity (Wildman–Crippen MR) is 109 cm³/mol. The molecule has 3 heterocycles. The van der Waals surface area contributed by atoms with Crippen molar-refractivity contribution in [3.8, 4) is 0 Å². The molecule has 2 atom stereocenters. The Labute approximate surface area is 171 Å². The Morgan fingerprint density at radius 2 is 1.72 bits per heavy atom. The smallest absolute Gasteiger partial charge is 0.257 e. The first-order valence-corrected chi connectivity index (χ1v) is 10.8. The summed E-state index contributed by atoms with van der Waals surface area (Å²) < 4.78 is 0. The summed E-state index contributed by atoms with van der Waals surface area (Å²) in [5.74, 6) is 1.30. The number of aliphatic hydroxyl groups is 1. The van der Waals surface area contributed by atoms with Crippen LogP contribution in [0.2, 0.25) is 0 Å². The number of rotatable bonds is 4. The zero-order chi connectivity index (χ0) is 19.8. The van der Waals surface area contributed by atoms with Crippen molar-refractivity contribution in [3.63, 3.8) is 0 Å². The molecule has 5 rings (SSSR count). The number of nitrogens with zero attached hydrogens (tertiary/aromatic N) is 4. The Balaban J connectivity index is 1.38. The lowest BCUT2D eigenvalue weighted by Crippen LogP contribution is -2.61. The Morgan fingerprint density at radius 3 is 2.38 bits per heavy atom. The molecule has 6 heteroatoms. The first-order chi connectivity index (χ1) is 14.1. The topological polar surface area (TPSA) is 69.6 Å². The molecule has 152 valence electrons. The largest absolute Gasteiger partial charge is 0.383 e. The highest BCUT2D eigenvalue weighted by Gasteiger charge is 2.47. The summed E-state index contributed by atoms with van der Waals surface area (Å²) in [5, 5.41) is 11.7. The summed E-state index contributed by atoms with van der Waals surface area (Å²) in [6, 6.07) is 9.84. The molecule has 1 N–H and O–H groups in total. The zero-order valence-corrected chi connectivity index (χ0v) is 16.7. The molecule has 29 heavy (non-hydrogen) atoms. The fourth-order valence-electron chi connectivity index (χ4n) is 4.83. The highest BCUT2D eigenvalue weighted by molar-refractivity contribution is 5.93. The molecule has 6 nitrogen and oxygen atoms in total. The first-order valence-electron chi connectivity index (χ1n) is 10.8. The van der Waals surface area contributed by atoms with Gasteiger partial charge in [0.25, 0.3) is 5.91 Å². The van der Waals surface area contributed by atoms with Gasteiger partial charge in [-0.3, -0.25) is 9.69 Å². The zero-order valence-electron chi connectivity index (χ0n) is 16.7. The molecule has 2 aliphatic heterocycles. The number of aromatic nitrogens is 2. The molecule has 3 aliphatic rings. The molecular formula is C23H28N4O2. The molecule has 1 saturated carbocycles. The van der Waals surface area contributed by atoms with E-state index in [4.69, 9.17) is 0 Å². The van der Waals surface area contributed by atoms with E-state index in [0.717, 1.165) is 50.2 Å². The van der Waals surface area contributed by atoms with Crippen molar-refractivity contribution in [2.75, 3.05) is 26.2 Å². The molecule has 0 unspecified atom stereocenters. The van der Waals surface area contributed by atoms with Crippen LogP contribution >= 0.6 is 0 Å². The van der Waals surface area contributed by atoms with Crippen molar-refractivity contribution >= 4 is 5.91 Å². The lowest BCUT2D eigenvalue weighted by atomic mass is 9.79.